The Morgan fingerprint density at radius 3 is 2.85 bits per heavy atom. The number of hydrogen-bond acceptors (Lipinski definition) is 4. The van der Waals surface area contributed by atoms with Gasteiger partial charge in [-0.25, -0.2) is 4.68 Å². The molecule has 0 fully saturated rings. The quantitative estimate of drug-likeness (QED) is 0.907. The van der Waals surface area contributed by atoms with Gasteiger partial charge in [0.15, 0.2) is 5.75 Å². The van der Waals surface area contributed by atoms with Gasteiger partial charge in [-0.2, -0.15) is 8.78 Å². The first-order valence-electron chi connectivity index (χ1n) is 5.88. The fourth-order valence-electron chi connectivity index (χ4n) is 2.06. The van der Waals surface area contributed by atoms with Crippen molar-refractivity contribution in [1.82, 2.24) is 15.0 Å². The minimum Gasteiger partial charge on any atom is -0.481 e. The Morgan fingerprint density at radius 1 is 1.55 bits per heavy atom. The summed E-state index contributed by atoms with van der Waals surface area (Å²) >= 11 is 0. The molecule has 0 aliphatic heterocycles. The molecule has 8 heteroatoms. The number of aryl methyl sites for hydroxylation is 3. The highest BCUT2D eigenvalue weighted by Crippen LogP contribution is 2.31. The van der Waals surface area contributed by atoms with Crippen LogP contribution < -0.4 is 4.74 Å². The molecule has 0 aliphatic rings. The molecule has 0 unspecified atom stereocenters. The molecule has 0 aliphatic carbocycles. The smallest absolute Gasteiger partial charge is 0.387 e. The van der Waals surface area contributed by atoms with Crippen LogP contribution in [0.4, 0.5) is 8.78 Å². The summed E-state index contributed by atoms with van der Waals surface area (Å²) in [4.78, 5) is 10.6. The fourth-order valence-corrected chi connectivity index (χ4v) is 2.06. The second-order valence-electron chi connectivity index (χ2n) is 4.34. The van der Waals surface area contributed by atoms with Crippen molar-refractivity contribution < 1.29 is 23.4 Å². The summed E-state index contributed by atoms with van der Waals surface area (Å²) in [6, 6.07) is 1.43. The van der Waals surface area contributed by atoms with Crippen LogP contribution in [0.2, 0.25) is 0 Å². The van der Waals surface area contributed by atoms with E-state index in [0.29, 0.717) is 16.6 Å². The fraction of sp³-hybridized carbons (Fsp3) is 0.417. The molecule has 1 N–H and O–H groups in total. The molecule has 1 heterocycles. The number of fused-ring (bicyclic) bond motifs is 1. The van der Waals surface area contributed by atoms with Crippen molar-refractivity contribution in [3.05, 3.63) is 17.2 Å². The van der Waals surface area contributed by atoms with Gasteiger partial charge in [-0.1, -0.05) is 5.21 Å². The zero-order valence-electron chi connectivity index (χ0n) is 10.9. The lowest BCUT2D eigenvalue weighted by atomic mass is 10.0. The average molecular weight is 285 g/mol. The van der Waals surface area contributed by atoms with Crippen LogP contribution in [0.1, 0.15) is 17.5 Å². The standard InChI is InChI=1S/C12H13F2N3O3/c1-6-7(3-4-9(18)19)5-8(20-12(13)14)11-10(6)15-16-17(11)2/h5,12H,3-4H2,1-2H3,(H,18,19). The highest BCUT2D eigenvalue weighted by Gasteiger charge is 2.18. The maximum Gasteiger partial charge on any atom is 0.387 e. The number of halogens is 2. The van der Waals surface area contributed by atoms with Crippen molar-refractivity contribution in [3.8, 4) is 5.75 Å². The number of carboxylic acids is 1. The SMILES string of the molecule is Cc1c(CCC(=O)O)cc(OC(F)F)c2c1nnn2C. The monoisotopic (exact) mass is 285 g/mol. The van der Waals surface area contributed by atoms with E-state index in [4.69, 9.17) is 5.11 Å². The van der Waals surface area contributed by atoms with Gasteiger partial charge in [-0.3, -0.25) is 4.79 Å². The number of nitrogens with zero attached hydrogens (tertiary/aromatic N) is 3. The molecule has 20 heavy (non-hydrogen) atoms. The molecule has 1 aromatic carbocycles. The molecule has 0 atom stereocenters. The molecule has 108 valence electrons. The third-order valence-corrected chi connectivity index (χ3v) is 3.03. The number of rotatable bonds is 5. The Balaban J connectivity index is 2.53. The minimum absolute atomic E-state index is 0.0477. The molecule has 2 aromatic rings. The Hall–Kier alpha value is -2.25. The van der Waals surface area contributed by atoms with E-state index in [1.54, 1.807) is 14.0 Å². The van der Waals surface area contributed by atoms with Gasteiger partial charge >= 0.3 is 12.6 Å². The van der Waals surface area contributed by atoms with Gasteiger partial charge in [0.2, 0.25) is 0 Å². The van der Waals surface area contributed by atoms with Crippen LogP contribution in [0, 0.1) is 6.92 Å². The highest BCUT2D eigenvalue weighted by atomic mass is 19.3. The number of carboxylic acid groups (broad SMARTS) is 1. The molecule has 0 saturated heterocycles. The van der Waals surface area contributed by atoms with Gasteiger partial charge in [-0.15, -0.1) is 5.10 Å². The molecule has 0 spiro atoms. The lowest BCUT2D eigenvalue weighted by molar-refractivity contribution is -0.136. The summed E-state index contributed by atoms with van der Waals surface area (Å²) in [5.74, 6) is -1.01. The third-order valence-electron chi connectivity index (χ3n) is 3.03. The van der Waals surface area contributed by atoms with Crippen molar-refractivity contribution in [2.45, 2.75) is 26.4 Å². The van der Waals surface area contributed by atoms with Gasteiger partial charge in [0, 0.05) is 13.5 Å². The molecular formula is C12H13F2N3O3. The second-order valence-corrected chi connectivity index (χ2v) is 4.34. The number of benzene rings is 1. The topological polar surface area (TPSA) is 77.2 Å². The average Bonchev–Trinajstić information content (AvgIpc) is 2.73. The summed E-state index contributed by atoms with van der Waals surface area (Å²) in [5, 5.41) is 16.4. The van der Waals surface area contributed by atoms with Crippen LogP contribution in [-0.2, 0) is 18.3 Å². The highest BCUT2D eigenvalue weighted by molar-refractivity contribution is 5.85. The number of aliphatic carboxylic acids is 1. The van der Waals surface area contributed by atoms with E-state index in [-0.39, 0.29) is 18.6 Å². The van der Waals surface area contributed by atoms with Crippen LogP contribution in [-0.4, -0.2) is 32.7 Å². The van der Waals surface area contributed by atoms with E-state index in [9.17, 15) is 13.6 Å². The van der Waals surface area contributed by atoms with Gasteiger partial charge in [0.25, 0.3) is 0 Å². The lowest BCUT2D eigenvalue weighted by Crippen LogP contribution is -2.06. The summed E-state index contributed by atoms with van der Waals surface area (Å²) in [6.07, 6.45) is 0.119. The first kappa shape index (κ1) is 14.2. The summed E-state index contributed by atoms with van der Waals surface area (Å²) in [5.41, 5.74) is 2.12. The first-order valence-corrected chi connectivity index (χ1v) is 5.88. The number of aromatic nitrogens is 3. The largest absolute Gasteiger partial charge is 0.481 e. The Morgan fingerprint density at radius 2 is 2.25 bits per heavy atom. The zero-order valence-corrected chi connectivity index (χ0v) is 10.9. The van der Waals surface area contributed by atoms with E-state index < -0.39 is 12.6 Å². The summed E-state index contributed by atoms with van der Waals surface area (Å²) < 4.78 is 30.8. The lowest BCUT2D eigenvalue weighted by Gasteiger charge is -2.11. The van der Waals surface area contributed by atoms with Gasteiger partial charge in [0.1, 0.15) is 11.0 Å². The van der Waals surface area contributed by atoms with Crippen LogP contribution in [0.25, 0.3) is 11.0 Å². The van der Waals surface area contributed by atoms with Crippen molar-refractivity contribution in [2.24, 2.45) is 7.05 Å². The van der Waals surface area contributed by atoms with Crippen molar-refractivity contribution >= 4 is 17.0 Å². The number of alkyl halides is 2. The number of carbonyl (C=O) groups is 1. The Kier molecular flexibility index (Phi) is 3.82. The van der Waals surface area contributed by atoms with Crippen molar-refractivity contribution in [2.75, 3.05) is 0 Å². The Labute approximate surface area is 112 Å². The molecule has 6 nitrogen and oxygen atoms in total. The first-order chi connectivity index (χ1) is 9.40. The van der Waals surface area contributed by atoms with E-state index in [0.717, 1.165) is 5.56 Å². The van der Waals surface area contributed by atoms with Crippen molar-refractivity contribution in [3.63, 3.8) is 0 Å². The van der Waals surface area contributed by atoms with Gasteiger partial charge in [-0.05, 0) is 30.5 Å². The minimum atomic E-state index is -2.97. The molecule has 0 saturated carbocycles. The summed E-state index contributed by atoms with van der Waals surface area (Å²) in [7, 11) is 1.57. The maximum atomic E-state index is 12.5. The van der Waals surface area contributed by atoms with E-state index in [1.165, 1.54) is 10.7 Å². The number of hydrogen-bond donors (Lipinski definition) is 1. The molecule has 1 aromatic heterocycles. The van der Waals surface area contributed by atoms with Crippen LogP contribution in [0.5, 0.6) is 5.75 Å². The van der Waals surface area contributed by atoms with Crippen LogP contribution >= 0.6 is 0 Å². The van der Waals surface area contributed by atoms with Crippen LogP contribution in [0.15, 0.2) is 6.07 Å². The zero-order chi connectivity index (χ0) is 14.9. The number of ether oxygens (including phenoxy) is 1. The van der Waals surface area contributed by atoms with E-state index >= 15 is 0 Å². The summed E-state index contributed by atoms with van der Waals surface area (Å²) in [6.45, 7) is -1.22. The van der Waals surface area contributed by atoms with Crippen LogP contribution in [0.3, 0.4) is 0 Å². The van der Waals surface area contributed by atoms with Gasteiger partial charge in [0.05, 0.1) is 0 Å². The molecular weight excluding hydrogens is 272 g/mol. The van der Waals surface area contributed by atoms with E-state index in [2.05, 4.69) is 15.0 Å². The molecule has 0 radical (unpaired) electrons. The maximum absolute atomic E-state index is 12.5. The third kappa shape index (κ3) is 2.68. The molecule has 0 amide bonds. The predicted octanol–water partition coefficient (Wildman–Crippen LogP) is 1.90. The Bertz CT molecular complexity index is 655. The van der Waals surface area contributed by atoms with Gasteiger partial charge < -0.3 is 9.84 Å². The van der Waals surface area contributed by atoms with E-state index in [1.807, 2.05) is 0 Å². The predicted molar refractivity (Wildman–Crippen MR) is 65.8 cm³/mol. The molecule has 0 bridgehead atoms. The second kappa shape index (κ2) is 5.40. The molecule has 2 rings (SSSR count). The van der Waals surface area contributed by atoms with Crippen molar-refractivity contribution in [1.29, 1.82) is 0 Å². The normalized spacial score (nSPS) is 11.2.